The molecule has 0 radical (unpaired) electrons. The molecular formula is C8H11NO2. The molecule has 3 heteroatoms. The fraction of sp³-hybridized carbons (Fsp3) is 0.250. The van der Waals surface area contributed by atoms with Crippen molar-refractivity contribution in [2.24, 2.45) is 0 Å². The zero-order valence-corrected chi connectivity index (χ0v) is 6.52. The van der Waals surface area contributed by atoms with Crippen LogP contribution in [0.4, 0.5) is 0 Å². The molecule has 0 aromatic rings. The van der Waals surface area contributed by atoms with E-state index in [-0.39, 0.29) is 6.79 Å². The van der Waals surface area contributed by atoms with Crippen LogP contribution in [0.1, 0.15) is 0 Å². The molecule has 0 bridgehead atoms. The van der Waals surface area contributed by atoms with Gasteiger partial charge in [-0.15, -0.1) is 0 Å². The van der Waals surface area contributed by atoms with E-state index in [0.717, 1.165) is 5.70 Å². The van der Waals surface area contributed by atoms with Crippen LogP contribution in [0.5, 0.6) is 0 Å². The van der Waals surface area contributed by atoms with Gasteiger partial charge in [-0.3, -0.25) is 0 Å². The molecule has 0 spiro atoms. The number of rotatable bonds is 2. The molecule has 0 aromatic heterocycles. The van der Waals surface area contributed by atoms with Crippen molar-refractivity contribution in [1.29, 1.82) is 0 Å². The van der Waals surface area contributed by atoms with Crippen LogP contribution in [0.25, 0.3) is 0 Å². The topological polar surface area (TPSA) is 30.5 Å². The minimum atomic E-state index is 0.252. The Bertz CT molecular complexity index is 218. The molecule has 0 unspecified atom stereocenters. The van der Waals surface area contributed by atoms with Crippen molar-refractivity contribution in [2.45, 2.75) is 0 Å². The lowest BCUT2D eigenvalue weighted by molar-refractivity contribution is 0.0979. The summed E-state index contributed by atoms with van der Waals surface area (Å²) in [6, 6.07) is 0. The van der Waals surface area contributed by atoms with Gasteiger partial charge in [0.25, 0.3) is 0 Å². The van der Waals surface area contributed by atoms with Crippen LogP contribution in [0.3, 0.4) is 0 Å². The monoisotopic (exact) mass is 153 g/mol. The van der Waals surface area contributed by atoms with Gasteiger partial charge in [0.2, 0.25) is 6.79 Å². The third-order valence-corrected chi connectivity index (χ3v) is 1.35. The van der Waals surface area contributed by atoms with Gasteiger partial charge in [0.15, 0.2) is 11.5 Å². The van der Waals surface area contributed by atoms with Gasteiger partial charge in [0, 0.05) is 18.8 Å². The number of hydrogen-bond donors (Lipinski definition) is 1. The predicted octanol–water partition coefficient (Wildman–Crippen LogP) is 1.12. The molecule has 1 rings (SSSR count). The first-order valence-corrected chi connectivity index (χ1v) is 3.27. The average Bonchev–Trinajstić information content (AvgIpc) is 2.37. The zero-order chi connectivity index (χ0) is 8.27. The third kappa shape index (κ3) is 1.77. The van der Waals surface area contributed by atoms with Gasteiger partial charge >= 0.3 is 0 Å². The lowest BCUT2D eigenvalue weighted by atomic mass is 10.3. The number of nitrogens with one attached hydrogen (secondary N) is 1. The minimum Gasteiger partial charge on any atom is -0.454 e. The molecule has 0 amide bonds. The first kappa shape index (κ1) is 7.72. The minimum absolute atomic E-state index is 0.252. The second-order valence-corrected chi connectivity index (χ2v) is 2.11. The van der Waals surface area contributed by atoms with Crippen molar-refractivity contribution < 1.29 is 9.47 Å². The van der Waals surface area contributed by atoms with Gasteiger partial charge in [0.1, 0.15) is 0 Å². The van der Waals surface area contributed by atoms with Crippen molar-refractivity contribution in [1.82, 2.24) is 5.32 Å². The van der Waals surface area contributed by atoms with Crippen molar-refractivity contribution in [3.8, 4) is 0 Å². The smallest absolute Gasteiger partial charge is 0.231 e. The lowest BCUT2D eigenvalue weighted by Gasteiger charge is -1.98. The summed E-state index contributed by atoms with van der Waals surface area (Å²) < 4.78 is 10.0. The van der Waals surface area contributed by atoms with Gasteiger partial charge in [0.05, 0.1) is 0 Å². The maximum absolute atomic E-state index is 5.08. The molecule has 11 heavy (non-hydrogen) atoms. The van der Waals surface area contributed by atoms with E-state index in [1.807, 2.05) is 0 Å². The van der Waals surface area contributed by atoms with Crippen LogP contribution < -0.4 is 5.32 Å². The van der Waals surface area contributed by atoms with Crippen molar-refractivity contribution in [3.05, 3.63) is 36.4 Å². The fourth-order valence-corrected chi connectivity index (χ4v) is 0.668. The molecule has 0 aromatic carbocycles. The Morgan fingerprint density at radius 2 is 2.36 bits per heavy atom. The largest absolute Gasteiger partial charge is 0.454 e. The second-order valence-electron chi connectivity index (χ2n) is 2.11. The molecule has 1 aliphatic rings. The standard InChI is InChI=1S/C8H11NO2/c1-6(9-3)4-8-7(2)10-5-11-8/h4,9H,1-2,5H2,3H3/b8-4+. The highest BCUT2D eigenvalue weighted by atomic mass is 16.7. The predicted molar refractivity (Wildman–Crippen MR) is 42.5 cm³/mol. The van der Waals surface area contributed by atoms with E-state index < -0.39 is 0 Å². The van der Waals surface area contributed by atoms with Crippen molar-refractivity contribution in [3.63, 3.8) is 0 Å². The summed E-state index contributed by atoms with van der Waals surface area (Å²) in [7, 11) is 1.79. The second kappa shape index (κ2) is 3.14. The summed E-state index contributed by atoms with van der Waals surface area (Å²) >= 11 is 0. The molecule has 60 valence electrons. The summed E-state index contributed by atoms with van der Waals surface area (Å²) in [6.45, 7) is 7.60. The SMILES string of the molecule is C=C(/C=C1/OCOC1=C)NC. The molecular weight excluding hydrogens is 142 g/mol. The Morgan fingerprint density at radius 3 is 2.82 bits per heavy atom. The van der Waals surface area contributed by atoms with Gasteiger partial charge < -0.3 is 14.8 Å². The highest BCUT2D eigenvalue weighted by molar-refractivity contribution is 5.27. The highest BCUT2D eigenvalue weighted by Crippen LogP contribution is 2.19. The van der Waals surface area contributed by atoms with E-state index in [1.54, 1.807) is 13.1 Å². The van der Waals surface area contributed by atoms with Crippen LogP contribution in [0.2, 0.25) is 0 Å². The van der Waals surface area contributed by atoms with Gasteiger partial charge in [-0.25, -0.2) is 0 Å². The lowest BCUT2D eigenvalue weighted by Crippen LogP contribution is -2.01. The van der Waals surface area contributed by atoms with E-state index in [9.17, 15) is 0 Å². The van der Waals surface area contributed by atoms with E-state index in [2.05, 4.69) is 18.5 Å². The summed E-state index contributed by atoms with van der Waals surface area (Å²) in [5.74, 6) is 1.20. The first-order valence-electron chi connectivity index (χ1n) is 3.27. The molecule has 1 fully saturated rings. The Balaban J connectivity index is 2.65. The van der Waals surface area contributed by atoms with E-state index in [4.69, 9.17) is 9.47 Å². The number of allylic oxidation sites excluding steroid dienone is 1. The third-order valence-electron chi connectivity index (χ3n) is 1.35. The molecule has 3 nitrogen and oxygen atoms in total. The van der Waals surface area contributed by atoms with Crippen molar-refractivity contribution in [2.75, 3.05) is 13.8 Å². The molecule has 1 aliphatic heterocycles. The highest BCUT2D eigenvalue weighted by Gasteiger charge is 2.13. The Hall–Kier alpha value is -1.38. The fourth-order valence-electron chi connectivity index (χ4n) is 0.668. The van der Waals surface area contributed by atoms with Crippen LogP contribution >= 0.6 is 0 Å². The molecule has 1 N–H and O–H groups in total. The normalized spacial score (nSPS) is 19.4. The summed E-state index contributed by atoms with van der Waals surface area (Å²) in [6.07, 6.45) is 1.75. The number of likely N-dealkylation sites (N-methyl/N-ethyl adjacent to an activating group) is 1. The van der Waals surface area contributed by atoms with Crippen molar-refractivity contribution >= 4 is 0 Å². The summed E-state index contributed by atoms with van der Waals surface area (Å²) in [5, 5.41) is 2.86. The van der Waals surface area contributed by atoms with Crippen LogP contribution in [0, 0.1) is 0 Å². The van der Waals surface area contributed by atoms with Crippen LogP contribution in [-0.2, 0) is 9.47 Å². The zero-order valence-electron chi connectivity index (χ0n) is 6.52. The van der Waals surface area contributed by atoms with E-state index in [0.29, 0.717) is 11.5 Å². The van der Waals surface area contributed by atoms with E-state index >= 15 is 0 Å². The molecule has 0 atom stereocenters. The van der Waals surface area contributed by atoms with Gasteiger partial charge in [-0.1, -0.05) is 13.2 Å². The Morgan fingerprint density at radius 1 is 1.64 bits per heavy atom. The Kier molecular flexibility index (Phi) is 2.21. The number of hydrogen-bond acceptors (Lipinski definition) is 3. The Labute approximate surface area is 66.0 Å². The maximum Gasteiger partial charge on any atom is 0.231 e. The number of ether oxygens (including phenoxy) is 2. The van der Waals surface area contributed by atoms with Crippen LogP contribution in [0.15, 0.2) is 36.4 Å². The van der Waals surface area contributed by atoms with Crippen LogP contribution in [-0.4, -0.2) is 13.8 Å². The molecule has 0 aliphatic carbocycles. The quantitative estimate of drug-likeness (QED) is 0.644. The summed E-state index contributed by atoms with van der Waals surface area (Å²) in [5.41, 5.74) is 0.770. The molecule has 0 saturated carbocycles. The maximum atomic E-state index is 5.08. The molecule has 1 heterocycles. The van der Waals surface area contributed by atoms with Gasteiger partial charge in [-0.2, -0.15) is 0 Å². The first-order chi connectivity index (χ1) is 5.24. The van der Waals surface area contributed by atoms with Gasteiger partial charge in [-0.05, 0) is 0 Å². The van der Waals surface area contributed by atoms with E-state index in [1.165, 1.54) is 0 Å². The summed E-state index contributed by atoms with van der Waals surface area (Å²) in [4.78, 5) is 0. The molecule has 1 saturated heterocycles. The average molecular weight is 153 g/mol.